The van der Waals surface area contributed by atoms with Crippen LogP contribution in [-0.4, -0.2) is 43.5 Å². The van der Waals surface area contributed by atoms with E-state index in [9.17, 15) is 4.79 Å². The van der Waals surface area contributed by atoms with Crippen molar-refractivity contribution < 1.29 is 14.3 Å². The van der Waals surface area contributed by atoms with Gasteiger partial charge in [-0.3, -0.25) is 0 Å². The summed E-state index contributed by atoms with van der Waals surface area (Å²) < 4.78 is 10.6. The molecule has 0 spiro atoms. The van der Waals surface area contributed by atoms with Gasteiger partial charge in [-0.25, -0.2) is 4.79 Å². The molecule has 0 aromatic rings. The molecule has 0 aromatic carbocycles. The van der Waals surface area contributed by atoms with Crippen molar-refractivity contribution in [2.24, 2.45) is 0 Å². The van der Waals surface area contributed by atoms with E-state index in [1.54, 1.807) is 0 Å². The molecule has 2 unspecified atom stereocenters. The highest BCUT2D eigenvalue weighted by molar-refractivity contribution is 5.68. The molecule has 2 atom stereocenters. The van der Waals surface area contributed by atoms with E-state index >= 15 is 0 Å². The Labute approximate surface area is 116 Å². The second-order valence-electron chi connectivity index (χ2n) is 6.20. The smallest absolute Gasteiger partial charge is 0.407 e. The highest BCUT2D eigenvalue weighted by Gasteiger charge is 2.18. The number of hydrogen-bond acceptors (Lipinski definition) is 4. The Bertz CT molecular complexity index is 268. The molecule has 1 rings (SSSR count). The average molecular weight is 272 g/mol. The molecule has 0 saturated carbocycles. The molecule has 5 nitrogen and oxygen atoms in total. The van der Waals surface area contributed by atoms with Crippen LogP contribution in [0, 0.1) is 0 Å². The van der Waals surface area contributed by atoms with Crippen LogP contribution in [0.5, 0.6) is 0 Å². The molecule has 19 heavy (non-hydrogen) atoms. The number of hydrogen-bond donors (Lipinski definition) is 2. The van der Waals surface area contributed by atoms with Crippen LogP contribution in [0.25, 0.3) is 0 Å². The molecule has 2 N–H and O–H groups in total. The van der Waals surface area contributed by atoms with Crippen molar-refractivity contribution in [1.29, 1.82) is 0 Å². The molecule has 1 amide bonds. The van der Waals surface area contributed by atoms with Gasteiger partial charge in [0, 0.05) is 31.8 Å². The van der Waals surface area contributed by atoms with Crippen molar-refractivity contribution in [2.45, 2.75) is 64.6 Å². The first kappa shape index (κ1) is 16.2. The molecule has 1 aliphatic rings. The van der Waals surface area contributed by atoms with Crippen LogP contribution in [0.4, 0.5) is 4.79 Å². The zero-order valence-electron chi connectivity index (χ0n) is 12.6. The predicted molar refractivity (Wildman–Crippen MR) is 75.3 cm³/mol. The molecule has 1 fully saturated rings. The van der Waals surface area contributed by atoms with Gasteiger partial charge in [0.05, 0.1) is 0 Å². The predicted octanol–water partition coefficient (Wildman–Crippen LogP) is 2.06. The van der Waals surface area contributed by atoms with E-state index < -0.39 is 5.60 Å². The monoisotopic (exact) mass is 272 g/mol. The first-order valence-corrected chi connectivity index (χ1v) is 7.17. The summed E-state index contributed by atoms with van der Waals surface area (Å²) in [6.45, 7) is 10.0. The minimum atomic E-state index is -0.449. The SMILES string of the molecule is CC(CNC1CCCOCC1)NC(=O)OC(C)(C)C. The lowest BCUT2D eigenvalue weighted by Crippen LogP contribution is -2.45. The number of amides is 1. The van der Waals surface area contributed by atoms with Gasteiger partial charge in [0.25, 0.3) is 0 Å². The van der Waals surface area contributed by atoms with Crippen LogP contribution in [0.2, 0.25) is 0 Å². The van der Waals surface area contributed by atoms with Crippen molar-refractivity contribution in [3.63, 3.8) is 0 Å². The largest absolute Gasteiger partial charge is 0.444 e. The average Bonchev–Trinajstić information content (AvgIpc) is 2.51. The Balaban J connectivity index is 2.19. The molecule has 112 valence electrons. The summed E-state index contributed by atoms with van der Waals surface area (Å²) in [4.78, 5) is 11.6. The van der Waals surface area contributed by atoms with Gasteiger partial charge in [-0.2, -0.15) is 0 Å². The summed E-state index contributed by atoms with van der Waals surface area (Å²) in [7, 11) is 0. The first-order valence-electron chi connectivity index (χ1n) is 7.17. The molecule has 1 heterocycles. The minimum Gasteiger partial charge on any atom is -0.444 e. The van der Waals surface area contributed by atoms with E-state index in [0.29, 0.717) is 6.04 Å². The van der Waals surface area contributed by atoms with Gasteiger partial charge in [0.2, 0.25) is 0 Å². The molecule has 0 aromatic heterocycles. The third kappa shape index (κ3) is 8.06. The fourth-order valence-corrected chi connectivity index (χ4v) is 2.01. The Morgan fingerprint density at radius 1 is 1.37 bits per heavy atom. The van der Waals surface area contributed by atoms with Crippen LogP contribution >= 0.6 is 0 Å². The van der Waals surface area contributed by atoms with Gasteiger partial charge >= 0.3 is 6.09 Å². The van der Waals surface area contributed by atoms with Crippen LogP contribution in [0.3, 0.4) is 0 Å². The Hall–Kier alpha value is -0.810. The quantitative estimate of drug-likeness (QED) is 0.822. The Kier molecular flexibility index (Phi) is 6.58. The van der Waals surface area contributed by atoms with Crippen molar-refractivity contribution in [3.8, 4) is 0 Å². The molecule has 0 bridgehead atoms. The van der Waals surface area contributed by atoms with Gasteiger partial charge < -0.3 is 20.1 Å². The Morgan fingerprint density at radius 3 is 2.79 bits per heavy atom. The van der Waals surface area contributed by atoms with Crippen molar-refractivity contribution in [2.75, 3.05) is 19.8 Å². The molecular weight excluding hydrogens is 244 g/mol. The van der Waals surface area contributed by atoms with E-state index in [2.05, 4.69) is 10.6 Å². The Morgan fingerprint density at radius 2 is 2.11 bits per heavy atom. The summed E-state index contributed by atoms with van der Waals surface area (Å²) in [5.41, 5.74) is -0.449. The van der Waals surface area contributed by atoms with E-state index in [0.717, 1.165) is 39.0 Å². The number of nitrogens with one attached hydrogen (secondary N) is 2. The highest BCUT2D eigenvalue weighted by atomic mass is 16.6. The van der Waals surface area contributed by atoms with Gasteiger partial charge in [0.15, 0.2) is 0 Å². The summed E-state index contributed by atoms with van der Waals surface area (Å²) in [5, 5.41) is 6.32. The molecule has 1 saturated heterocycles. The lowest BCUT2D eigenvalue weighted by Gasteiger charge is -2.23. The van der Waals surface area contributed by atoms with Crippen LogP contribution in [0.15, 0.2) is 0 Å². The molecule has 0 aliphatic carbocycles. The van der Waals surface area contributed by atoms with Crippen LogP contribution in [-0.2, 0) is 9.47 Å². The molecule has 5 heteroatoms. The van der Waals surface area contributed by atoms with Crippen molar-refractivity contribution in [3.05, 3.63) is 0 Å². The van der Waals surface area contributed by atoms with Crippen molar-refractivity contribution in [1.82, 2.24) is 10.6 Å². The lowest BCUT2D eigenvalue weighted by atomic mass is 10.1. The lowest BCUT2D eigenvalue weighted by molar-refractivity contribution is 0.0507. The second-order valence-corrected chi connectivity index (χ2v) is 6.20. The first-order chi connectivity index (χ1) is 8.87. The van der Waals surface area contributed by atoms with E-state index in [-0.39, 0.29) is 12.1 Å². The third-order valence-electron chi connectivity index (χ3n) is 2.93. The van der Waals surface area contributed by atoms with Gasteiger partial charge in [-0.15, -0.1) is 0 Å². The maximum atomic E-state index is 11.6. The topological polar surface area (TPSA) is 59.6 Å². The highest BCUT2D eigenvalue weighted by Crippen LogP contribution is 2.08. The maximum absolute atomic E-state index is 11.6. The maximum Gasteiger partial charge on any atom is 0.407 e. The summed E-state index contributed by atoms with van der Waals surface area (Å²) in [5.74, 6) is 0. The van der Waals surface area contributed by atoms with Gasteiger partial charge in [-0.1, -0.05) is 0 Å². The zero-order valence-corrected chi connectivity index (χ0v) is 12.6. The summed E-state index contributed by atoms with van der Waals surface area (Å²) in [6.07, 6.45) is 2.93. The van der Waals surface area contributed by atoms with Gasteiger partial charge in [-0.05, 0) is 47.0 Å². The number of alkyl carbamates (subject to hydrolysis) is 1. The second kappa shape index (κ2) is 7.70. The normalized spacial score (nSPS) is 22.4. The van der Waals surface area contributed by atoms with E-state index in [1.807, 2.05) is 27.7 Å². The molecule has 0 radical (unpaired) electrons. The summed E-state index contributed by atoms with van der Waals surface area (Å²) in [6, 6.07) is 0.546. The summed E-state index contributed by atoms with van der Waals surface area (Å²) >= 11 is 0. The number of ether oxygens (including phenoxy) is 2. The third-order valence-corrected chi connectivity index (χ3v) is 2.93. The number of carbonyl (C=O) groups excluding carboxylic acids is 1. The van der Waals surface area contributed by atoms with Crippen molar-refractivity contribution >= 4 is 6.09 Å². The molecular formula is C14H28N2O3. The number of carbonyl (C=O) groups is 1. The van der Waals surface area contributed by atoms with E-state index in [4.69, 9.17) is 9.47 Å². The standard InChI is InChI=1S/C14H28N2O3/c1-11(16-13(17)19-14(2,3)4)10-15-12-6-5-8-18-9-7-12/h11-12,15H,5-10H2,1-4H3,(H,16,17). The number of rotatable bonds is 4. The fourth-order valence-electron chi connectivity index (χ4n) is 2.01. The zero-order chi connectivity index (χ0) is 14.3. The van der Waals surface area contributed by atoms with Crippen LogP contribution in [0.1, 0.15) is 47.0 Å². The fraction of sp³-hybridized carbons (Fsp3) is 0.929. The van der Waals surface area contributed by atoms with E-state index in [1.165, 1.54) is 0 Å². The minimum absolute atomic E-state index is 0.0546. The van der Waals surface area contributed by atoms with Gasteiger partial charge in [0.1, 0.15) is 5.60 Å². The van der Waals surface area contributed by atoms with Crippen LogP contribution < -0.4 is 10.6 Å². The molecule has 1 aliphatic heterocycles.